The van der Waals surface area contributed by atoms with Crippen LogP contribution in [0.1, 0.15) is 5.56 Å². The van der Waals surface area contributed by atoms with Crippen LogP contribution in [0.2, 0.25) is 0 Å². The summed E-state index contributed by atoms with van der Waals surface area (Å²) in [4.78, 5) is 21.9. The third-order valence-corrected chi connectivity index (χ3v) is 5.24. The average Bonchev–Trinajstić information content (AvgIpc) is 2.73. The number of benzene rings is 2. The van der Waals surface area contributed by atoms with Crippen LogP contribution in [-0.4, -0.2) is 21.6 Å². The van der Waals surface area contributed by atoms with Crippen LogP contribution in [0.3, 0.4) is 0 Å². The van der Waals surface area contributed by atoms with E-state index in [1.807, 2.05) is 12.1 Å². The number of fused-ring (bicyclic) bond motifs is 1. The fourth-order valence-corrected chi connectivity index (χ4v) is 3.92. The molecule has 7 heteroatoms. The molecule has 0 atom stereocenters. The number of para-hydroxylation sites is 1. The molecule has 0 unspecified atom stereocenters. The van der Waals surface area contributed by atoms with Crippen molar-refractivity contribution in [2.45, 2.75) is 10.9 Å². The Morgan fingerprint density at radius 3 is 2.79 bits per heavy atom. The molecular weight excluding hydrogens is 377 g/mol. The summed E-state index contributed by atoms with van der Waals surface area (Å²) in [6.45, 7) is 0. The first kappa shape index (κ1) is 18.2. The number of hydrogen-bond donors (Lipinski definition) is 0. The van der Waals surface area contributed by atoms with Gasteiger partial charge in [0.2, 0.25) is 0 Å². The minimum Gasteiger partial charge on any atom is -0.496 e. The molecule has 0 aliphatic carbocycles. The number of methoxy groups -OCH3 is 1. The monoisotopic (exact) mass is 393 g/mol. The van der Waals surface area contributed by atoms with Gasteiger partial charge in [-0.1, -0.05) is 23.9 Å². The lowest BCUT2D eigenvalue weighted by Crippen LogP contribution is -2.21. The van der Waals surface area contributed by atoms with Crippen molar-refractivity contribution in [3.8, 4) is 11.4 Å². The molecule has 2 aromatic carbocycles. The number of nitrogens with zero attached hydrogens (tertiary/aromatic N) is 3. The van der Waals surface area contributed by atoms with E-state index in [0.29, 0.717) is 38.8 Å². The molecule has 0 aliphatic heterocycles. The molecule has 0 aliphatic rings. The first-order valence-corrected chi connectivity index (χ1v) is 9.53. The van der Waals surface area contributed by atoms with Crippen molar-refractivity contribution in [1.29, 1.82) is 0 Å². The van der Waals surface area contributed by atoms with Crippen LogP contribution in [-0.2, 0) is 5.75 Å². The van der Waals surface area contributed by atoms with E-state index in [1.54, 1.807) is 49.8 Å². The Morgan fingerprint density at radius 2 is 2.00 bits per heavy atom. The van der Waals surface area contributed by atoms with Crippen molar-refractivity contribution in [3.63, 3.8) is 0 Å². The lowest BCUT2D eigenvalue weighted by Gasteiger charge is -2.14. The molecule has 2 aromatic heterocycles. The Morgan fingerprint density at radius 1 is 1.14 bits per heavy atom. The maximum absolute atomic E-state index is 13.7. The fourth-order valence-electron chi connectivity index (χ4n) is 2.93. The zero-order chi connectivity index (χ0) is 19.5. The summed E-state index contributed by atoms with van der Waals surface area (Å²) >= 11 is 1.34. The molecule has 0 spiro atoms. The van der Waals surface area contributed by atoms with Crippen molar-refractivity contribution >= 4 is 22.7 Å². The van der Waals surface area contributed by atoms with Gasteiger partial charge < -0.3 is 4.74 Å². The van der Waals surface area contributed by atoms with Crippen LogP contribution in [0.5, 0.6) is 5.75 Å². The van der Waals surface area contributed by atoms with E-state index in [9.17, 15) is 9.18 Å². The van der Waals surface area contributed by atoms with E-state index in [0.717, 1.165) is 0 Å². The number of halogens is 1. The number of thioether (sulfide) groups is 1. The van der Waals surface area contributed by atoms with E-state index in [2.05, 4.69) is 9.97 Å². The van der Waals surface area contributed by atoms with E-state index in [-0.39, 0.29) is 11.4 Å². The van der Waals surface area contributed by atoms with Crippen molar-refractivity contribution < 1.29 is 9.13 Å². The predicted molar refractivity (Wildman–Crippen MR) is 108 cm³/mol. The van der Waals surface area contributed by atoms with Gasteiger partial charge in [0.25, 0.3) is 5.56 Å². The highest BCUT2D eigenvalue weighted by Crippen LogP contribution is 2.29. The van der Waals surface area contributed by atoms with Crippen LogP contribution in [0.15, 0.2) is 76.9 Å². The SMILES string of the molecule is COc1ccc(F)cc1CSc1nc2ccccc2c(=O)n1-c1cccnc1. The van der Waals surface area contributed by atoms with Crippen LogP contribution in [0.4, 0.5) is 4.39 Å². The van der Waals surface area contributed by atoms with Crippen LogP contribution in [0, 0.1) is 5.82 Å². The summed E-state index contributed by atoms with van der Waals surface area (Å²) in [5.74, 6) is 0.642. The molecule has 0 radical (unpaired) electrons. The minimum atomic E-state index is -0.340. The highest BCUT2D eigenvalue weighted by Gasteiger charge is 2.15. The molecule has 0 saturated heterocycles. The molecule has 0 N–H and O–H groups in total. The second-order valence-corrected chi connectivity index (χ2v) is 6.95. The van der Waals surface area contributed by atoms with Crippen LogP contribution >= 0.6 is 11.8 Å². The Bertz CT molecular complexity index is 1200. The van der Waals surface area contributed by atoms with Gasteiger partial charge in [0.1, 0.15) is 11.6 Å². The van der Waals surface area contributed by atoms with Crippen LogP contribution in [0.25, 0.3) is 16.6 Å². The van der Waals surface area contributed by atoms with E-state index in [4.69, 9.17) is 4.74 Å². The summed E-state index contributed by atoms with van der Waals surface area (Å²) in [7, 11) is 1.54. The number of pyridine rings is 1. The molecule has 0 amide bonds. The van der Waals surface area contributed by atoms with Gasteiger partial charge in [0.15, 0.2) is 5.16 Å². The van der Waals surface area contributed by atoms with Gasteiger partial charge in [-0.25, -0.2) is 9.37 Å². The maximum atomic E-state index is 13.7. The third kappa shape index (κ3) is 3.48. The molecule has 140 valence electrons. The van der Waals surface area contributed by atoms with Gasteiger partial charge in [-0.15, -0.1) is 0 Å². The van der Waals surface area contributed by atoms with Crippen molar-refractivity contribution in [2.24, 2.45) is 0 Å². The molecule has 0 fully saturated rings. The summed E-state index contributed by atoms with van der Waals surface area (Å²) in [6.07, 6.45) is 3.26. The van der Waals surface area contributed by atoms with Gasteiger partial charge >= 0.3 is 0 Å². The standard InChI is InChI=1S/C21H16FN3O2S/c1-27-19-9-8-15(22)11-14(19)13-28-21-24-18-7-3-2-6-17(18)20(26)25(21)16-5-4-10-23-12-16/h2-12H,13H2,1H3. The van der Waals surface area contributed by atoms with Crippen molar-refractivity contribution in [3.05, 3.63) is 88.7 Å². The number of hydrogen-bond acceptors (Lipinski definition) is 5. The third-order valence-electron chi connectivity index (χ3n) is 4.25. The topological polar surface area (TPSA) is 57.0 Å². The molecule has 2 heterocycles. The summed E-state index contributed by atoms with van der Waals surface area (Å²) in [5, 5.41) is 1.03. The zero-order valence-corrected chi connectivity index (χ0v) is 15.8. The first-order valence-electron chi connectivity index (χ1n) is 8.55. The quantitative estimate of drug-likeness (QED) is 0.375. The lowest BCUT2D eigenvalue weighted by atomic mass is 10.2. The van der Waals surface area contributed by atoms with Gasteiger partial charge in [0, 0.05) is 17.5 Å². The Labute approximate surface area is 164 Å². The van der Waals surface area contributed by atoms with Gasteiger partial charge in [-0.05, 0) is 42.5 Å². The average molecular weight is 393 g/mol. The Kier molecular flexibility index (Phi) is 5.08. The highest BCUT2D eigenvalue weighted by atomic mass is 32.2. The molecule has 28 heavy (non-hydrogen) atoms. The van der Waals surface area contributed by atoms with Gasteiger partial charge in [-0.3, -0.25) is 14.3 Å². The van der Waals surface area contributed by atoms with Crippen LogP contribution < -0.4 is 10.3 Å². The molecule has 5 nitrogen and oxygen atoms in total. The first-order chi connectivity index (χ1) is 13.7. The van der Waals surface area contributed by atoms with E-state index in [1.165, 1.54) is 28.5 Å². The fraction of sp³-hybridized carbons (Fsp3) is 0.0952. The molecular formula is C21H16FN3O2S. The number of rotatable bonds is 5. The number of ether oxygens (including phenoxy) is 1. The summed E-state index contributed by atoms with van der Waals surface area (Å²) in [5.41, 5.74) is 1.75. The molecule has 4 rings (SSSR count). The second kappa shape index (κ2) is 7.82. The van der Waals surface area contributed by atoms with E-state index >= 15 is 0 Å². The zero-order valence-electron chi connectivity index (χ0n) is 15.0. The molecule has 0 saturated carbocycles. The van der Waals surface area contributed by atoms with Crippen molar-refractivity contribution in [2.75, 3.05) is 7.11 Å². The van der Waals surface area contributed by atoms with Crippen molar-refractivity contribution in [1.82, 2.24) is 14.5 Å². The number of aromatic nitrogens is 3. The second-order valence-electron chi connectivity index (χ2n) is 6.01. The Balaban J connectivity index is 1.82. The largest absolute Gasteiger partial charge is 0.496 e. The van der Waals surface area contributed by atoms with Gasteiger partial charge in [0.05, 0.1) is 29.9 Å². The molecule has 0 bridgehead atoms. The highest BCUT2D eigenvalue weighted by molar-refractivity contribution is 7.98. The Hall–Kier alpha value is -3.19. The predicted octanol–water partition coefficient (Wildman–Crippen LogP) is 4.22. The smallest absolute Gasteiger partial charge is 0.266 e. The van der Waals surface area contributed by atoms with Gasteiger partial charge in [-0.2, -0.15) is 0 Å². The lowest BCUT2D eigenvalue weighted by molar-refractivity contribution is 0.410. The molecule has 4 aromatic rings. The van der Waals surface area contributed by atoms with E-state index < -0.39 is 0 Å². The minimum absolute atomic E-state index is 0.174. The summed E-state index contributed by atoms with van der Waals surface area (Å²) < 4.78 is 20.5. The normalized spacial score (nSPS) is 10.9. The maximum Gasteiger partial charge on any atom is 0.266 e. The summed E-state index contributed by atoms with van der Waals surface area (Å²) in [6, 6.07) is 15.1.